The van der Waals surface area contributed by atoms with Crippen LogP contribution in [-0.4, -0.2) is 68.6 Å². The maximum absolute atomic E-state index is 14.7. The van der Waals surface area contributed by atoms with E-state index in [2.05, 4.69) is 0 Å². The molecular formula is C16H18F2N4O4. The highest BCUT2D eigenvalue weighted by Crippen LogP contribution is 2.35. The predicted molar refractivity (Wildman–Crippen MR) is 87.1 cm³/mol. The van der Waals surface area contributed by atoms with Gasteiger partial charge in [0.1, 0.15) is 17.9 Å². The summed E-state index contributed by atoms with van der Waals surface area (Å²) in [6, 6.07) is 1.95. The molecule has 2 N–H and O–H groups in total. The van der Waals surface area contributed by atoms with Crippen molar-refractivity contribution in [2.75, 3.05) is 43.0 Å². The van der Waals surface area contributed by atoms with Gasteiger partial charge in [0.05, 0.1) is 24.8 Å². The normalized spacial score (nSPS) is 27.8. The largest absolute Gasteiger partial charge is 0.443 e. The molecule has 10 heteroatoms. The number of halogens is 2. The minimum Gasteiger partial charge on any atom is -0.443 e. The van der Waals surface area contributed by atoms with Crippen molar-refractivity contribution in [1.82, 2.24) is 4.90 Å². The number of hydrogen-bond acceptors (Lipinski definition) is 6. The van der Waals surface area contributed by atoms with Crippen LogP contribution in [-0.2, 0) is 9.47 Å². The number of ether oxygens (including phenoxy) is 2. The number of nitrogens with zero attached hydrogens (tertiary/aromatic N) is 3. The van der Waals surface area contributed by atoms with Gasteiger partial charge < -0.3 is 25.0 Å². The standard InChI is InChI=1S/C16H18F2N4O4/c1-20-12-6-21(7-13(12)26-15(20)23)14-10(17)2-8(3-11(14)18)22-5-9(4-19)25-16(22)24/h2-3,9,12-13H,4-7,19H2,1H3/t9-,12+,13-/m0/s1. The van der Waals surface area contributed by atoms with Crippen molar-refractivity contribution in [2.45, 2.75) is 18.2 Å². The van der Waals surface area contributed by atoms with Gasteiger partial charge in [-0.2, -0.15) is 0 Å². The van der Waals surface area contributed by atoms with E-state index in [4.69, 9.17) is 15.2 Å². The third-order valence-corrected chi connectivity index (χ3v) is 5.04. The fraction of sp³-hybridized carbons (Fsp3) is 0.500. The molecule has 3 saturated heterocycles. The summed E-state index contributed by atoms with van der Waals surface area (Å²) in [5.74, 6) is -1.59. The molecule has 0 saturated carbocycles. The zero-order valence-corrected chi connectivity index (χ0v) is 14.0. The highest BCUT2D eigenvalue weighted by atomic mass is 19.1. The van der Waals surface area contributed by atoms with Crippen LogP contribution in [0.25, 0.3) is 0 Å². The van der Waals surface area contributed by atoms with Crippen molar-refractivity contribution < 1.29 is 27.8 Å². The van der Waals surface area contributed by atoms with Gasteiger partial charge >= 0.3 is 12.2 Å². The monoisotopic (exact) mass is 368 g/mol. The van der Waals surface area contributed by atoms with Crippen LogP contribution in [0.2, 0.25) is 0 Å². The summed E-state index contributed by atoms with van der Waals surface area (Å²) in [5.41, 5.74) is 5.35. The summed E-state index contributed by atoms with van der Waals surface area (Å²) >= 11 is 0. The number of nitrogens with two attached hydrogens (primary N) is 1. The highest BCUT2D eigenvalue weighted by Gasteiger charge is 2.47. The Morgan fingerprint density at radius 1 is 1.12 bits per heavy atom. The van der Waals surface area contributed by atoms with Gasteiger partial charge in [0.25, 0.3) is 0 Å². The van der Waals surface area contributed by atoms with Crippen LogP contribution < -0.4 is 15.5 Å². The molecule has 0 unspecified atom stereocenters. The first-order valence-electron chi connectivity index (χ1n) is 8.24. The van der Waals surface area contributed by atoms with E-state index in [1.165, 1.54) is 9.80 Å². The molecule has 3 heterocycles. The molecule has 0 radical (unpaired) electrons. The second-order valence-corrected chi connectivity index (χ2v) is 6.62. The maximum Gasteiger partial charge on any atom is 0.414 e. The van der Waals surface area contributed by atoms with Crippen LogP contribution in [0.15, 0.2) is 12.1 Å². The highest BCUT2D eigenvalue weighted by molar-refractivity contribution is 5.90. The first-order chi connectivity index (χ1) is 12.4. The lowest BCUT2D eigenvalue weighted by atomic mass is 10.2. The van der Waals surface area contributed by atoms with E-state index in [1.54, 1.807) is 7.05 Å². The Kier molecular flexibility index (Phi) is 3.87. The van der Waals surface area contributed by atoms with Crippen LogP contribution in [0.1, 0.15) is 0 Å². The number of cyclic esters (lactones) is 1. The third kappa shape index (κ3) is 2.52. The lowest BCUT2D eigenvalue weighted by Gasteiger charge is -2.23. The molecule has 3 aliphatic rings. The topological polar surface area (TPSA) is 88.3 Å². The van der Waals surface area contributed by atoms with Gasteiger partial charge in [0.15, 0.2) is 11.6 Å². The molecule has 3 atom stereocenters. The Bertz CT molecular complexity index is 754. The Labute approximate surface area is 148 Å². The lowest BCUT2D eigenvalue weighted by molar-refractivity contribution is 0.138. The van der Waals surface area contributed by atoms with Gasteiger partial charge in [-0.05, 0) is 0 Å². The Balaban J connectivity index is 1.58. The van der Waals surface area contributed by atoms with Gasteiger partial charge in [0.2, 0.25) is 0 Å². The molecule has 4 rings (SSSR count). The summed E-state index contributed by atoms with van der Waals surface area (Å²) in [6.07, 6.45) is -2.05. The molecule has 0 spiro atoms. The average Bonchev–Trinajstić information content (AvgIpc) is 3.23. The second-order valence-electron chi connectivity index (χ2n) is 6.62. The molecule has 2 amide bonds. The van der Waals surface area contributed by atoms with Gasteiger partial charge in [-0.15, -0.1) is 0 Å². The molecule has 140 valence electrons. The minimum atomic E-state index is -0.794. The van der Waals surface area contributed by atoms with E-state index >= 15 is 0 Å². The molecule has 0 aliphatic carbocycles. The lowest BCUT2D eigenvalue weighted by Crippen LogP contribution is -2.35. The van der Waals surface area contributed by atoms with E-state index in [0.717, 1.165) is 17.0 Å². The fourth-order valence-corrected chi connectivity index (χ4v) is 3.64. The van der Waals surface area contributed by atoms with Crippen molar-refractivity contribution in [3.63, 3.8) is 0 Å². The number of rotatable bonds is 3. The zero-order valence-electron chi connectivity index (χ0n) is 14.0. The van der Waals surface area contributed by atoms with Gasteiger partial charge in [-0.1, -0.05) is 0 Å². The van der Waals surface area contributed by atoms with E-state index in [9.17, 15) is 18.4 Å². The van der Waals surface area contributed by atoms with Crippen LogP contribution >= 0.6 is 0 Å². The van der Waals surface area contributed by atoms with E-state index in [0.29, 0.717) is 0 Å². The number of carbonyl (C=O) groups excluding carboxylic acids is 2. The van der Waals surface area contributed by atoms with Crippen molar-refractivity contribution in [2.24, 2.45) is 5.73 Å². The predicted octanol–water partition coefficient (Wildman–Crippen LogP) is 0.888. The maximum atomic E-state index is 14.7. The number of fused-ring (bicyclic) bond motifs is 1. The number of likely N-dealkylation sites (N-methyl/N-ethyl adjacent to an activating group) is 1. The number of carbonyl (C=O) groups is 2. The summed E-state index contributed by atoms with van der Waals surface area (Å²) < 4.78 is 39.5. The van der Waals surface area contributed by atoms with Gasteiger partial charge in [0, 0.05) is 32.3 Å². The van der Waals surface area contributed by atoms with Crippen LogP contribution in [0, 0.1) is 11.6 Å². The molecule has 26 heavy (non-hydrogen) atoms. The molecule has 0 aromatic heterocycles. The Morgan fingerprint density at radius 2 is 1.81 bits per heavy atom. The number of hydrogen-bond donors (Lipinski definition) is 1. The van der Waals surface area contributed by atoms with Crippen molar-refractivity contribution in [1.29, 1.82) is 0 Å². The average molecular weight is 368 g/mol. The second kappa shape index (κ2) is 5.97. The van der Waals surface area contributed by atoms with Crippen molar-refractivity contribution >= 4 is 23.6 Å². The van der Waals surface area contributed by atoms with E-state index < -0.39 is 36.0 Å². The molecule has 1 aromatic carbocycles. The van der Waals surface area contributed by atoms with Gasteiger partial charge in [-0.25, -0.2) is 18.4 Å². The first kappa shape index (κ1) is 16.8. The van der Waals surface area contributed by atoms with Crippen molar-refractivity contribution in [3.05, 3.63) is 23.8 Å². The fourth-order valence-electron chi connectivity index (χ4n) is 3.64. The molecular weight excluding hydrogens is 350 g/mol. The molecule has 3 aliphatic heterocycles. The number of anilines is 2. The van der Waals surface area contributed by atoms with E-state index in [1.807, 2.05) is 0 Å². The Hall–Kier alpha value is -2.62. The molecule has 0 bridgehead atoms. The summed E-state index contributed by atoms with van der Waals surface area (Å²) in [7, 11) is 1.60. The van der Waals surface area contributed by atoms with Crippen LogP contribution in [0.5, 0.6) is 0 Å². The van der Waals surface area contributed by atoms with E-state index in [-0.39, 0.29) is 43.6 Å². The van der Waals surface area contributed by atoms with Crippen LogP contribution in [0.3, 0.4) is 0 Å². The summed E-state index contributed by atoms with van der Waals surface area (Å²) in [5, 5.41) is 0. The van der Waals surface area contributed by atoms with Crippen LogP contribution in [0.4, 0.5) is 29.7 Å². The Morgan fingerprint density at radius 3 is 2.38 bits per heavy atom. The summed E-state index contributed by atoms with van der Waals surface area (Å²) in [6.45, 7) is 0.742. The number of amides is 2. The summed E-state index contributed by atoms with van der Waals surface area (Å²) in [4.78, 5) is 27.5. The molecule has 8 nitrogen and oxygen atoms in total. The molecule has 1 aromatic rings. The molecule has 3 fully saturated rings. The quantitative estimate of drug-likeness (QED) is 0.853. The third-order valence-electron chi connectivity index (χ3n) is 5.04. The first-order valence-corrected chi connectivity index (χ1v) is 8.24. The van der Waals surface area contributed by atoms with Crippen molar-refractivity contribution in [3.8, 4) is 0 Å². The smallest absolute Gasteiger partial charge is 0.414 e. The van der Waals surface area contributed by atoms with Gasteiger partial charge in [-0.3, -0.25) is 4.90 Å². The number of benzene rings is 1. The minimum absolute atomic E-state index is 0.0765. The zero-order chi connectivity index (χ0) is 18.6. The SMILES string of the molecule is CN1C(=O)O[C@H]2CN(c3c(F)cc(N4C[C@H](CN)OC4=O)cc3F)C[C@H]21.